The van der Waals surface area contributed by atoms with E-state index in [9.17, 15) is 0 Å². The predicted octanol–water partition coefficient (Wildman–Crippen LogP) is 2.25. The van der Waals surface area contributed by atoms with Crippen LogP contribution in [0.4, 0.5) is 0 Å². The van der Waals surface area contributed by atoms with Gasteiger partial charge in [0.1, 0.15) is 6.61 Å². The molecule has 1 aliphatic rings. The van der Waals surface area contributed by atoms with Crippen molar-refractivity contribution in [1.29, 1.82) is 0 Å². The lowest BCUT2D eigenvalue weighted by atomic mass is 10.1. The van der Waals surface area contributed by atoms with Gasteiger partial charge in [-0.05, 0) is 43.5 Å². The third-order valence-corrected chi connectivity index (χ3v) is 4.69. The minimum absolute atomic E-state index is 0.215. The van der Waals surface area contributed by atoms with Crippen LogP contribution in [0.15, 0.2) is 23.2 Å². The summed E-state index contributed by atoms with van der Waals surface area (Å²) in [6, 6.07) is 6.31. The second-order valence-electron chi connectivity index (χ2n) is 6.66. The third kappa shape index (κ3) is 6.69. The van der Waals surface area contributed by atoms with E-state index in [1.807, 2.05) is 18.2 Å². The summed E-state index contributed by atoms with van der Waals surface area (Å²) in [6.07, 6.45) is 8.79. The molecule has 0 saturated carbocycles. The molecule has 2 rings (SSSR count). The van der Waals surface area contributed by atoms with E-state index in [4.69, 9.17) is 15.9 Å². The zero-order chi connectivity index (χ0) is 19.5. The number of hydrogen-bond donors (Lipinski definition) is 2. The Balaban J connectivity index is 1.86. The van der Waals surface area contributed by atoms with Gasteiger partial charge >= 0.3 is 0 Å². The minimum atomic E-state index is 0.215. The molecule has 0 aliphatic carbocycles. The van der Waals surface area contributed by atoms with Crippen LogP contribution in [-0.4, -0.2) is 57.3 Å². The second kappa shape index (κ2) is 11.3. The van der Waals surface area contributed by atoms with Gasteiger partial charge in [-0.2, -0.15) is 0 Å². The Bertz CT molecular complexity index is 646. The molecule has 1 aromatic carbocycles. The molecule has 6 heteroatoms. The predicted molar refractivity (Wildman–Crippen MR) is 110 cm³/mol. The first kappa shape index (κ1) is 20.9. The molecule has 0 radical (unpaired) electrons. The largest absolute Gasteiger partial charge is 0.493 e. The van der Waals surface area contributed by atoms with E-state index < -0.39 is 0 Å². The zero-order valence-corrected chi connectivity index (χ0v) is 16.8. The first-order valence-electron chi connectivity index (χ1n) is 9.62. The van der Waals surface area contributed by atoms with E-state index >= 15 is 0 Å². The lowest BCUT2D eigenvalue weighted by molar-refractivity contribution is 0.206. The number of nitrogens with one attached hydrogen (secondary N) is 2. The fraction of sp³-hybridized carbons (Fsp3) is 0.571. The van der Waals surface area contributed by atoms with E-state index in [1.54, 1.807) is 14.2 Å². The second-order valence-corrected chi connectivity index (χ2v) is 6.66. The van der Waals surface area contributed by atoms with Gasteiger partial charge in [-0.15, -0.1) is 6.42 Å². The van der Waals surface area contributed by atoms with E-state index in [2.05, 4.69) is 33.4 Å². The number of benzene rings is 1. The van der Waals surface area contributed by atoms with Crippen molar-refractivity contribution < 1.29 is 9.47 Å². The van der Waals surface area contributed by atoms with Crippen LogP contribution in [0.25, 0.3) is 0 Å². The van der Waals surface area contributed by atoms with E-state index in [1.165, 1.54) is 13.0 Å². The molecule has 27 heavy (non-hydrogen) atoms. The number of piperidine rings is 1. The SMILES string of the molecule is C#CCOc1cc(CNC(=NC)NC2CCN(CCC)CC2)ccc1OC. The highest BCUT2D eigenvalue weighted by Gasteiger charge is 2.19. The van der Waals surface area contributed by atoms with Crippen molar-refractivity contribution in [2.24, 2.45) is 4.99 Å². The third-order valence-electron chi connectivity index (χ3n) is 4.69. The summed E-state index contributed by atoms with van der Waals surface area (Å²) in [4.78, 5) is 6.89. The number of terminal acetylenes is 1. The van der Waals surface area contributed by atoms with Crippen molar-refractivity contribution in [2.75, 3.05) is 40.4 Å². The van der Waals surface area contributed by atoms with Crippen LogP contribution >= 0.6 is 0 Å². The number of hydrogen-bond acceptors (Lipinski definition) is 4. The van der Waals surface area contributed by atoms with Crippen LogP contribution in [0.1, 0.15) is 31.7 Å². The Morgan fingerprint density at radius 1 is 1.33 bits per heavy atom. The van der Waals surface area contributed by atoms with Crippen LogP contribution in [0.5, 0.6) is 11.5 Å². The van der Waals surface area contributed by atoms with E-state index in [0.29, 0.717) is 24.1 Å². The zero-order valence-electron chi connectivity index (χ0n) is 16.8. The van der Waals surface area contributed by atoms with Crippen molar-refractivity contribution in [3.8, 4) is 23.8 Å². The van der Waals surface area contributed by atoms with Crippen molar-refractivity contribution in [3.05, 3.63) is 23.8 Å². The van der Waals surface area contributed by atoms with Crippen molar-refractivity contribution in [2.45, 2.75) is 38.8 Å². The molecule has 2 N–H and O–H groups in total. The molecule has 0 amide bonds. The maximum Gasteiger partial charge on any atom is 0.191 e. The van der Waals surface area contributed by atoms with Gasteiger partial charge in [0.2, 0.25) is 0 Å². The lowest BCUT2D eigenvalue weighted by Gasteiger charge is -2.32. The summed E-state index contributed by atoms with van der Waals surface area (Å²) >= 11 is 0. The number of rotatable bonds is 8. The molecule has 1 aliphatic heterocycles. The molecule has 1 saturated heterocycles. The summed E-state index contributed by atoms with van der Waals surface area (Å²) in [5.41, 5.74) is 1.07. The molecule has 0 atom stereocenters. The van der Waals surface area contributed by atoms with Crippen LogP contribution in [-0.2, 0) is 6.54 Å². The molecular formula is C21H32N4O2. The van der Waals surface area contributed by atoms with Gasteiger partial charge in [0.25, 0.3) is 0 Å². The Hall–Kier alpha value is -2.39. The number of nitrogens with zero attached hydrogens (tertiary/aromatic N) is 2. The van der Waals surface area contributed by atoms with Gasteiger partial charge in [0.05, 0.1) is 7.11 Å². The Morgan fingerprint density at radius 3 is 2.74 bits per heavy atom. The van der Waals surface area contributed by atoms with Gasteiger partial charge in [0.15, 0.2) is 17.5 Å². The van der Waals surface area contributed by atoms with Crippen LogP contribution < -0.4 is 20.1 Å². The summed E-state index contributed by atoms with van der Waals surface area (Å²) in [7, 11) is 3.42. The van der Waals surface area contributed by atoms with Crippen molar-refractivity contribution in [3.63, 3.8) is 0 Å². The van der Waals surface area contributed by atoms with E-state index in [-0.39, 0.29) is 6.61 Å². The van der Waals surface area contributed by atoms with Crippen LogP contribution in [0.2, 0.25) is 0 Å². The molecule has 0 unspecified atom stereocenters. The summed E-state index contributed by atoms with van der Waals surface area (Å²) in [5, 5.41) is 6.92. The quantitative estimate of drug-likeness (QED) is 0.416. The highest BCUT2D eigenvalue weighted by atomic mass is 16.5. The fourth-order valence-electron chi connectivity index (χ4n) is 3.25. The van der Waals surface area contributed by atoms with Gasteiger partial charge < -0.3 is 25.0 Å². The van der Waals surface area contributed by atoms with Crippen molar-refractivity contribution >= 4 is 5.96 Å². The molecule has 148 valence electrons. The molecular weight excluding hydrogens is 340 g/mol. The van der Waals surface area contributed by atoms with E-state index in [0.717, 1.165) is 37.5 Å². The molecule has 0 bridgehead atoms. The fourth-order valence-corrected chi connectivity index (χ4v) is 3.25. The van der Waals surface area contributed by atoms with Gasteiger partial charge in [0, 0.05) is 32.7 Å². The number of ether oxygens (including phenoxy) is 2. The summed E-state index contributed by atoms with van der Waals surface area (Å²) in [6.45, 7) is 6.59. The molecule has 6 nitrogen and oxygen atoms in total. The molecule has 0 spiro atoms. The normalized spacial score (nSPS) is 15.9. The number of methoxy groups -OCH3 is 1. The van der Waals surface area contributed by atoms with Crippen LogP contribution in [0, 0.1) is 12.3 Å². The topological polar surface area (TPSA) is 58.1 Å². The first-order chi connectivity index (χ1) is 13.2. The maximum atomic E-state index is 5.56. The van der Waals surface area contributed by atoms with Gasteiger partial charge in [-0.25, -0.2) is 0 Å². The van der Waals surface area contributed by atoms with Gasteiger partial charge in [-0.3, -0.25) is 4.99 Å². The highest BCUT2D eigenvalue weighted by Crippen LogP contribution is 2.27. The molecule has 1 heterocycles. The summed E-state index contributed by atoms with van der Waals surface area (Å²) in [5.74, 6) is 4.63. The minimum Gasteiger partial charge on any atom is -0.493 e. The number of guanidine groups is 1. The van der Waals surface area contributed by atoms with Crippen molar-refractivity contribution in [1.82, 2.24) is 15.5 Å². The molecule has 0 aromatic heterocycles. The Kier molecular flexibility index (Phi) is 8.79. The Morgan fingerprint density at radius 2 is 2.11 bits per heavy atom. The van der Waals surface area contributed by atoms with Crippen LogP contribution in [0.3, 0.4) is 0 Å². The molecule has 1 fully saturated rings. The van der Waals surface area contributed by atoms with Gasteiger partial charge in [-0.1, -0.05) is 18.9 Å². The monoisotopic (exact) mass is 372 g/mol. The average Bonchev–Trinajstić information content (AvgIpc) is 2.71. The average molecular weight is 373 g/mol. The first-order valence-corrected chi connectivity index (χ1v) is 9.62. The standard InChI is InChI=1S/C21H32N4O2/c1-5-11-25-12-9-18(10-13-25)24-21(22-3)23-16-17-7-8-19(26-4)20(15-17)27-14-6-2/h2,7-8,15,18H,5,9-14,16H2,1,3-4H3,(H2,22,23,24). The number of likely N-dealkylation sites (tertiary alicyclic amines) is 1. The molecule has 1 aromatic rings. The smallest absolute Gasteiger partial charge is 0.191 e. The Labute approximate surface area is 163 Å². The maximum absolute atomic E-state index is 5.56. The highest BCUT2D eigenvalue weighted by molar-refractivity contribution is 5.80. The number of aliphatic imine (C=N–C) groups is 1. The lowest BCUT2D eigenvalue weighted by Crippen LogP contribution is -2.48. The summed E-state index contributed by atoms with van der Waals surface area (Å²) < 4.78 is 10.9.